The predicted molar refractivity (Wildman–Crippen MR) is 84.3 cm³/mol. The predicted octanol–water partition coefficient (Wildman–Crippen LogP) is 0.768. The molecule has 1 heterocycles. The van der Waals surface area contributed by atoms with E-state index in [-0.39, 0.29) is 0 Å². The van der Waals surface area contributed by atoms with Crippen molar-refractivity contribution in [1.82, 2.24) is 20.9 Å². The van der Waals surface area contributed by atoms with Gasteiger partial charge in [0.25, 0.3) is 5.91 Å². The molecule has 1 unspecified atom stereocenters. The molecule has 1 aliphatic carbocycles. The standard InChI is InChI=1S/C16H15F3N4O4/c17-16(18,19)8-20-13(26)21-11(24)7-23-12(25)15(22-14(23)27)6-5-9-3-1-2-4-10(9)15/h1-4H,5-8H2,(H,22,27)(H2,20,21,24,26). The number of carbonyl (C=O) groups excluding carboxylic acids is 4. The Balaban J connectivity index is 1.65. The monoisotopic (exact) mass is 384 g/mol. The molecule has 1 aromatic rings. The fraction of sp³-hybridized carbons (Fsp3) is 0.375. The third kappa shape index (κ3) is 3.57. The van der Waals surface area contributed by atoms with Gasteiger partial charge in [0.05, 0.1) is 0 Å². The molecule has 1 fully saturated rings. The lowest BCUT2D eigenvalue weighted by molar-refractivity contribution is -0.135. The van der Waals surface area contributed by atoms with Crippen LogP contribution in [0.15, 0.2) is 24.3 Å². The molecule has 0 bridgehead atoms. The Hall–Kier alpha value is -3.11. The summed E-state index contributed by atoms with van der Waals surface area (Å²) in [4.78, 5) is 48.8. The zero-order valence-electron chi connectivity index (χ0n) is 13.9. The summed E-state index contributed by atoms with van der Waals surface area (Å²) in [6.45, 7) is -2.40. The van der Waals surface area contributed by atoms with Gasteiger partial charge in [0.2, 0.25) is 5.91 Å². The fourth-order valence-electron chi connectivity index (χ4n) is 3.27. The third-order valence-corrected chi connectivity index (χ3v) is 4.43. The van der Waals surface area contributed by atoms with E-state index in [9.17, 15) is 32.3 Å². The Morgan fingerprint density at radius 2 is 1.93 bits per heavy atom. The first-order valence-electron chi connectivity index (χ1n) is 7.99. The van der Waals surface area contributed by atoms with Gasteiger partial charge < -0.3 is 10.6 Å². The van der Waals surface area contributed by atoms with Crippen LogP contribution in [0.2, 0.25) is 0 Å². The van der Waals surface area contributed by atoms with Crippen LogP contribution in [0, 0.1) is 0 Å². The zero-order valence-corrected chi connectivity index (χ0v) is 13.9. The Morgan fingerprint density at radius 3 is 2.63 bits per heavy atom. The Labute approximate surface area is 151 Å². The summed E-state index contributed by atoms with van der Waals surface area (Å²) in [6.07, 6.45) is -3.73. The summed E-state index contributed by atoms with van der Waals surface area (Å²) in [5.41, 5.74) is 0.296. The summed E-state index contributed by atoms with van der Waals surface area (Å²) >= 11 is 0. The number of benzene rings is 1. The number of aryl methyl sites for hydroxylation is 1. The zero-order chi connectivity index (χ0) is 19.8. The van der Waals surface area contributed by atoms with Crippen LogP contribution in [0.5, 0.6) is 0 Å². The molecule has 0 saturated carbocycles. The number of hydrogen-bond donors (Lipinski definition) is 3. The number of halogens is 3. The van der Waals surface area contributed by atoms with Crippen molar-refractivity contribution in [2.75, 3.05) is 13.1 Å². The molecule has 27 heavy (non-hydrogen) atoms. The molecule has 3 N–H and O–H groups in total. The van der Waals surface area contributed by atoms with Crippen molar-refractivity contribution in [3.05, 3.63) is 35.4 Å². The van der Waals surface area contributed by atoms with Crippen LogP contribution >= 0.6 is 0 Å². The quantitative estimate of drug-likeness (QED) is 0.669. The van der Waals surface area contributed by atoms with Crippen molar-refractivity contribution in [2.24, 2.45) is 0 Å². The second-order valence-corrected chi connectivity index (χ2v) is 6.23. The number of carbonyl (C=O) groups is 4. The molecule has 1 spiro atoms. The molecule has 144 valence electrons. The molecular weight excluding hydrogens is 369 g/mol. The lowest BCUT2D eigenvalue weighted by Gasteiger charge is -2.22. The third-order valence-electron chi connectivity index (χ3n) is 4.43. The first-order chi connectivity index (χ1) is 12.6. The van der Waals surface area contributed by atoms with Gasteiger partial charge in [-0.15, -0.1) is 0 Å². The van der Waals surface area contributed by atoms with Crippen molar-refractivity contribution >= 4 is 23.9 Å². The average molecular weight is 384 g/mol. The molecule has 11 heteroatoms. The van der Waals surface area contributed by atoms with Crippen LogP contribution in [0.3, 0.4) is 0 Å². The highest BCUT2D eigenvalue weighted by molar-refractivity contribution is 6.10. The second-order valence-electron chi connectivity index (χ2n) is 6.23. The Kier molecular flexibility index (Phi) is 4.54. The minimum absolute atomic E-state index is 0.334. The minimum Gasteiger partial charge on any atom is -0.329 e. The topological polar surface area (TPSA) is 108 Å². The molecule has 1 saturated heterocycles. The fourth-order valence-corrected chi connectivity index (χ4v) is 3.27. The summed E-state index contributed by atoms with van der Waals surface area (Å²) in [5.74, 6) is -1.72. The first-order valence-corrected chi connectivity index (χ1v) is 7.99. The van der Waals surface area contributed by atoms with E-state index in [0.717, 1.165) is 5.56 Å². The average Bonchev–Trinajstić information content (AvgIpc) is 3.07. The number of rotatable bonds is 3. The largest absolute Gasteiger partial charge is 0.405 e. The van der Waals surface area contributed by atoms with E-state index in [4.69, 9.17) is 0 Å². The van der Waals surface area contributed by atoms with E-state index in [2.05, 4.69) is 5.32 Å². The van der Waals surface area contributed by atoms with E-state index in [1.807, 2.05) is 12.1 Å². The van der Waals surface area contributed by atoms with Gasteiger partial charge >= 0.3 is 18.2 Å². The van der Waals surface area contributed by atoms with Gasteiger partial charge in [-0.25, -0.2) is 9.59 Å². The van der Waals surface area contributed by atoms with E-state index < -0.39 is 48.7 Å². The molecule has 0 radical (unpaired) electrons. The SMILES string of the molecule is O=C(CN1C(=O)NC2(CCc3ccccc32)C1=O)NC(=O)NCC(F)(F)F. The van der Waals surface area contributed by atoms with Crippen molar-refractivity contribution < 1.29 is 32.3 Å². The molecule has 0 aromatic heterocycles. The highest BCUT2D eigenvalue weighted by Gasteiger charge is 2.55. The van der Waals surface area contributed by atoms with Gasteiger partial charge in [0, 0.05) is 0 Å². The minimum atomic E-state index is -4.63. The number of hydrogen-bond acceptors (Lipinski definition) is 4. The van der Waals surface area contributed by atoms with Gasteiger partial charge in [-0.2, -0.15) is 13.2 Å². The van der Waals surface area contributed by atoms with Crippen molar-refractivity contribution in [3.63, 3.8) is 0 Å². The second kappa shape index (κ2) is 6.56. The number of urea groups is 2. The van der Waals surface area contributed by atoms with Crippen LogP contribution in [0.25, 0.3) is 0 Å². The van der Waals surface area contributed by atoms with Crippen LogP contribution in [-0.2, 0) is 21.5 Å². The number of nitrogens with one attached hydrogen (secondary N) is 3. The number of alkyl halides is 3. The summed E-state index contributed by atoms with van der Waals surface area (Å²) in [6, 6.07) is 4.92. The van der Waals surface area contributed by atoms with Gasteiger partial charge in [0.1, 0.15) is 18.6 Å². The van der Waals surface area contributed by atoms with Crippen LogP contribution in [0.4, 0.5) is 22.8 Å². The molecule has 1 aliphatic heterocycles. The van der Waals surface area contributed by atoms with E-state index in [1.165, 1.54) is 5.32 Å². The molecule has 1 aromatic carbocycles. The molecule has 6 amide bonds. The first kappa shape index (κ1) is 18.7. The van der Waals surface area contributed by atoms with E-state index in [1.54, 1.807) is 17.4 Å². The van der Waals surface area contributed by atoms with Crippen LogP contribution < -0.4 is 16.0 Å². The summed E-state index contributed by atoms with van der Waals surface area (Å²) < 4.78 is 36.1. The number of imide groups is 2. The van der Waals surface area contributed by atoms with Gasteiger partial charge in [-0.3, -0.25) is 19.8 Å². The van der Waals surface area contributed by atoms with Crippen molar-refractivity contribution in [2.45, 2.75) is 24.6 Å². The molecule has 3 rings (SSSR count). The Morgan fingerprint density at radius 1 is 1.22 bits per heavy atom. The van der Waals surface area contributed by atoms with Crippen LogP contribution in [-0.4, -0.2) is 48.0 Å². The van der Waals surface area contributed by atoms with Gasteiger partial charge in [-0.1, -0.05) is 24.3 Å². The van der Waals surface area contributed by atoms with Gasteiger partial charge in [-0.05, 0) is 24.0 Å². The highest BCUT2D eigenvalue weighted by Crippen LogP contribution is 2.41. The lowest BCUT2D eigenvalue weighted by atomic mass is 9.92. The smallest absolute Gasteiger partial charge is 0.329 e. The van der Waals surface area contributed by atoms with Gasteiger partial charge in [0.15, 0.2) is 0 Å². The van der Waals surface area contributed by atoms with E-state index >= 15 is 0 Å². The normalized spacial score (nSPS) is 21.2. The molecule has 2 aliphatic rings. The molecular formula is C16H15F3N4O4. The van der Waals surface area contributed by atoms with Crippen LogP contribution in [0.1, 0.15) is 17.5 Å². The maximum atomic E-state index is 12.8. The molecule has 1 atom stereocenters. The number of fused-ring (bicyclic) bond motifs is 2. The van der Waals surface area contributed by atoms with E-state index in [0.29, 0.717) is 23.3 Å². The molecule has 8 nitrogen and oxygen atoms in total. The number of nitrogens with zero attached hydrogens (tertiary/aromatic N) is 1. The summed E-state index contributed by atoms with van der Waals surface area (Å²) in [7, 11) is 0. The number of amides is 6. The highest BCUT2D eigenvalue weighted by atomic mass is 19.4. The van der Waals surface area contributed by atoms with Crippen molar-refractivity contribution in [1.29, 1.82) is 0 Å². The lowest BCUT2D eigenvalue weighted by Crippen LogP contribution is -2.48. The Bertz CT molecular complexity index is 826. The summed E-state index contributed by atoms with van der Waals surface area (Å²) in [5, 5.41) is 5.72. The van der Waals surface area contributed by atoms with Crippen molar-refractivity contribution in [3.8, 4) is 0 Å². The maximum Gasteiger partial charge on any atom is 0.405 e. The maximum absolute atomic E-state index is 12.8.